The van der Waals surface area contributed by atoms with E-state index in [1.54, 1.807) is 0 Å². The Morgan fingerprint density at radius 3 is 2.04 bits per heavy atom. The van der Waals surface area contributed by atoms with E-state index in [9.17, 15) is 0 Å². The molecule has 26 heavy (non-hydrogen) atoms. The molecule has 2 nitrogen and oxygen atoms in total. The normalized spacial score (nSPS) is 13.2. The number of para-hydroxylation sites is 2. The predicted octanol–water partition coefficient (Wildman–Crippen LogP) is 3.99. The molecule has 0 radical (unpaired) electrons. The third-order valence-electron chi connectivity index (χ3n) is 5.52. The molecule has 3 heteroatoms. The number of aromatic nitrogens is 1. The lowest BCUT2D eigenvalue weighted by Crippen LogP contribution is -2.59. The van der Waals surface area contributed by atoms with Crippen LogP contribution in [0.5, 0.6) is 0 Å². The molecule has 2 aliphatic heterocycles. The molecule has 6 rings (SSSR count). The first-order valence-electron chi connectivity index (χ1n) is 8.95. The predicted molar refractivity (Wildman–Crippen MR) is 109 cm³/mol. The Labute approximate surface area is 152 Å². The van der Waals surface area contributed by atoms with Gasteiger partial charge in [-0.3, -0.25) is 4.98 Å². The van der Waals surface area contributed by atoms with Crippen molar-refractivity contribution in [2.24, 2.45) is 0 Å². The first kappa shape index (κ1) is 13.9. The van der Waals surface area contributed by atoms with Crippen LogP contribution in [0.4, 0.5) is 11.4 Å². The fourth-order valence-corrected chi connectivity index (χ4v) is 4.49. The van der Waals surface area contributed by atoms with E-state index in [1.807, 2.05) is 12.3 Å². The third kappa shape index (κ3) is 1.70. The van der Waals surface area contributed by atoms with Crippen molar-refractivity contribution in [1.29, 1.82) is 0 Å². The monoisotopic (exact) mass is 330 g/mol. The van der Waals surface area contributed by atoms with E-state index in [-0.39, 0.29) is 6.85 Å². The molecule has 0 atom stereocenters. The number of anilines is 2. The van der Waals surface area contributed by atoms with Crippen LogP contribution in [0.2, 0.25) is 0 Å². The number of pyridine rings is 1. The molecule has 0 saturated carbocycles. The molecule has 0 saturated heterocycles. The average Bonchev–Trinajstić information content (AvgIpc) is 2.73. The quantitative estimate of drug-likeness (QED) is 0.453. The lowest BCUT2D eigenvalue weighted by atomic mass is 9.44. The fourth-order valence-electron chi connectivity index (χ4n) is 4.49. The SMILES string of the molecule is c1ccc2c(c1)B1c3cccnc3-c3ccccc3N1c1ccccc1-2. The number of rotatable bonds is 0. The molecule has 120 valence electrons. The van der Waals surface area contributed by atoms with E-state index >= 15 is 0 Å². The minimum Gasteiger partial charge on any atom is -0.376 e. The van der Waals surface area contributed by atoms with Crippen LogP contribution in [0.3, 0.4) is 0 Å². The van der Waals surface area contributed by atoms with Crippen LogP contribution in [0, 0.1) is 0 Å². The molecule has 0 spiro atoms. The van der Waals surface area contributed by atoms with Crippen LogP contribution >= 0.6 is 0 Å². The van der Waals surface area contributed by atoms with Gasteiger partial charge in [-0.1, -0.05) is 66.7 Å². The van der Waals surface area contributed by atoms with E-state index in [0.29, 0.717) is 0 Å². The molecule has 0 fully saturated rings. The summed E-state index contributed by atoms with van der Waals surface area (Å²) in [6.45, 7) is 0.153. The smallest absolute Gasteiger partial charge is 0.331 e. The standard InChI is InChI=1S/C23H15BN2/c1-4-11-19-16(8-1)17-9-2-5-13-21(17)26-22-14-6-3-10-18(22)23-20(24(19)26)12-7-15-25-23/h1-15H. The summed E-state index contributed by atoms with van der Waals surface area (Å²) in [5, 5.41) is 0. The minimum atomic E-state index is 0.153. The van der Waals surface area contributed by atoms with Gasteiger partial charge in [-0.25, -0.2) is 0 Å². The van der Waals surface area contributed by atoms with Crippen LogP contribution in [-0.2, 0) is 0 Å². The van der Waals surface area contributed by atoms with E-state index in [4.69, 9.17) is 4.98 Å². The molecule has 3 aromatic carbocycles. The van der Waals surface area contributed by atoms with E-state index < -0.39 is 0 Å². The summed E-state index contributed by atoms with van der Waals surface area (Å²) in [5.74, 6) is 0. The van der Waals surface area contributed by atoms with Gasteiger partial charge in [0.25, 0.3) is 0 Å². The summed E-state index contributed by atoms with van der Waals surface area (Å²) in [4.78, 5) is 7.24. The summed E-state index contributed by atoms with van der Waals surface area (Å²) in [5.41, 5.74) is 10.0. The van der Waals surface area contributed by atoms with Crippen molar-refractivity contribution in [2.75, 3.05) is 4.81 Å². The van der Waals surface area contributed by atoms with E-state index in [1.165, 1.54) is 39.0 Å². The van der Waals surface area contributed by atoms with Crippen molar-refractivity contribution in [3.05, 3.63) is 91.1 Å². The topological polar surface area (TPSA) is 16.1 Å². The van der Waals surface area contributed by atoms with Gasteiger partial charge < -0.3 is 4.81 Å². The van der Waals surface area contributed by atoms with E-state index in [2.05, 4.69) is 83.7 Å². The van der Waals surface area contributed by atoms with Crippen molar-refractivity contribution >= 4 is 29.1 Å². The fraction of sp³-hybridized carbons (Fsp3) is 0. The Bertz CT molecular complexity index is 984. The summed E-state index contributed by atoms with van der Waals surface area (Å²) in [7, 11) is 0. The van der Waals surface area contributed by atoms with Gasteiger partial charge in [-0.05, 0) is 34.7 Å². The summed E-state index contributed by atoms with van der Waals surface area (Å²) < 4.78 is 0. The highest BCUT2D eigenvalue weighted by atomic mass is 15.1. The molecular weight excluding hydrogens is 315 g/mol. The molecule has 0 aliphatic carbocycles. The highest BCUT2D eigenvalue weighted by Crippen LogP contribution is 2.44. The summed E-state index contributed by atoms with van der Waals surface area (Å²) >= 11 is 0. The second kappa shape index (κ2) is 5.09. The molecular formula is C23H15BN2. The molecule has 1 aromatic heterocycles. The highest BCUT2D eigenvalue weighted by molar-refractivity contribution is 6.92. The highest BCUT2D eigenvalue weighted by Gasteiger charge is 2.42. The molecule has 2 aliphatic rings. The zero-order valence-electron chi connectivity index (χ0n) is 14.1. The molecule has 0 unspecified atom stereocenters. The average molecular weight is 330 g/mol. The van der Waals surface area contributed by atoms with Crippen molar-refractivity contribution in [3.8, 4) is 22.4 Å². The van der Waals surface area contributed by atoms with Gasteiger partial charge in [-0.15, -0.1) is 0 Å². The first-order valence-corrected chi connectivity index (χ1v) is 8.95. The molecule has 4 aromatic rings. The van der Waals surface area contributed by atoms with Gasteiger partial charge >= 0.3 is 6.85 Å². The maximum absolute atomic E-state index is 4.75. The number of hydrogen-bond donors (Lipinski definition) is 0. The zero-order valence-corrected chi connectivity index (χ0v) is 14.1. The van der Waals surface area contributed by atoms with E-state index in [0.717, 1.165) is 5.69 Å². The van der Waals surface area contributed by atoms with Crippen molar-refractivity contribution in [2.45, 2.75) is 0 Å². The number of benzene rings is 3. The van der Waals surface area contributed by atoms with Crippen LogP contribution in [0.25, 0.3) is 22.4 Å². The van der Waals surface area contributed by atoms with Crippen LogP contribution in [0.15, 0.2) is 91.1 Å². The van der Waals surface area contributed by atoms with Gasteiger partial charge in [-0.2, -0.15) is 0 Å². The van der Waals surface area contributed by atoms with Gasteiger partial charge in [0.1, 0.15) is 0 Å². The van der Waals surface area contributed by atoms with Crippen LogP contribution in [-0.4, -0.2) is 11.8 Å². The maximum Gasteiger partial charge on any atom is 0.331 e. The summed E-state index contributed by atoms with van der Waals surface area (Å²) in [6.07, 6.45) is 1.90. The third-order valence-corrected chi connectivity index (χ3v) is 5.52. The van der Waals surface area contributed by atoms with Gasteiger partial charge in [0, 0.05) is 28.7 Å². The Kier molecular flexibility index (Phi) is 2.72. The first-order chi connectivity index (χ1) is 12.9. The zero-order chi connectivity index (χ0) is 17.1. The Morgan fingerprint density at radius 1 is 0.577 bits per heavy atom. The minimum absolute atomic E-state index is 0.153. The molecule has 0 N–H and O–H groups in total. The molecule has 0 bridgehead atoms. The Morgan fingerprint density at radius 2 is 1.19 bits per heavy atom. The lowest BCUT2D eigenvalue weighted by Gasteiger charge is -2.42. The number of hydrogen-bond acceptors (Lipinski definition) is 2. The van der Waals surface area contributed by atoms with Crippen molar-refractivity contribution < 1.29 is 0 Å². The second-order valence-electron chi connectivity index (χ2n) is 6.84. The van der Waals surface area contributed by atoms with Crippen molar-refractivity contribution in [1.82, 2.24) is 4.98 Å². The lowest BCUT2D eigenvalue weighted by molar-refractivity contribution is 1.29. The molecule has 3 heterocycles. The maximum atomic E-state index is 4.75. The Balaban J connectivity index is 1.77. The van der Waals surface area contributed by atoms with Crippen LogP contribution in [0.1, 0.15) is 0 Å². The van der Waals surface area contributed by atoms with Gasteiger partial charge in [0.05, 0.1) is 5.69 Å². The van der Waals surface area contributed by atoms with Gasteiger partial charge in [0.15, 0.2) is 0 Å². The number of nitrogens with zero attached hydrogens (tertiary/aromatic N) is 2. The largest absolute Gasteiger partial charge is 0.376 e. The second-order valence-corrected chi connectivity index (χ2v) is 6.84. The van der Waals surface area contributed by atoms with Gasteiger partial charge in [0.2, 0.25) is 0 Å². The molecule has 0 amide bonds. The number of fused-ring (bicyclic) bond motifs is 11. The summed E-state index contributed by atoms with van der Waals surface area (Å²) in [6, 6.07) is 30.4. The van der Waals surface area contributed by atoms with Crippen molar-refractivity contribution in [3.63, 3.8) is 0 Å². The van der Waals surface area contributed by atoms with Crippen LogP contribution < -0.4 is 15.7 Å². The Hall–Kier alpha value is -3.33.